The zero-order chi connectivity index (χ0) is 18.6. The Hall–Kier alpha value is -2.60. The molecule has 0 unspecified atom stereocenters. The lowest BCUT2D eigenvalue weighted by Gasteiger charge is -2.17. The molecule has 4 nitrogen and oxygen atoms in total. The quantitative estimate of drug-likeness (QED) is 0.790. The van der Waals surface area contributed by atoms with Crippen LogP contribution in [0.2, 0.25) is 0 Å². The average molecular weight is 347 g/mol. The van der Waals surface area contributed by atoms with Gasteiger partial charge in [0.2, 0.25) is 0 Å². The number of anilines is 1. The van der Waals surface area contributed by atoms with Crippen LogP contribution in [-0.2, 0) is 4.79 Å². The van der Waals surface area contributed by atoms with Crippen LogP contribution in [0.4, 0.5) is 14.5 Å². The second-order valence-electron chi connectivity index (χ2n) is 6.06. The third kappa shape index (κ3) is 4.93. The molecule has 3 N–H and O–H groups in total. The van der Waals surface area contributed by atoms with Crippen molar-refractivity contribution in [1.29, 1.82) is 0 Å². The van der Waals surface area contributed by atoms with Gasteiger partial charge in [-0.1, -0.05) is 12.1 Å². The summed E-state index contributed by atoms with van der Waals surface area (Å²) in [6.45, 7) is 4.90. The van der Waals surface area contributed by atoms with E-state index in [0.29, 0.717) is 16.8 Å². The lowest BCUT2D eigenvalue weighted by molar-refractivity contribution is -0.710. The number of Topliss-reactive ketones (excluding diaryl/α,β-unsaturated/α-hetero) is 1. The molecule has 0 saturated heterocycles. The molecule has 0 aliphatic rings. The largest absolute Gasteiger partial charge is 0.330 e. The van der Waals surface area contributed by atoms with E-state index in [1.807, 2.05) is 0 Å². The van der Waals surface area contributed by atoms with Crippen molar-refractivity contribution < 1.29 is 23.7 Å². The Morgan fingerprint density at radius 1 is 1.08 bits per heavy atom. The SMILES string of the molecule is CC(=O)c1cccc(NC(=O)[C@@H](C)[NH2+][C@H](C)c2ccc(F)cc2F)c1. The summed E-state index contributed by atoms with van der Waals surface area (Å²) in [7, 11) is 0. The molecule has 6 heteroatoms. The van der Waals surface area contributed by atoms with Gasteiger partial charge in [0.05, 0.1) is 0 Å². The first-order valence-corrected chi connectivity index (χ1v) is 7.99. The summed E-state index contributed by atoms with van der Waals surface area (Å²) >= 11 is 0. The van der Waals surface area contributed by atoms with E-state index in [1.54, 1.807) is 43.4 Å². The molecule has 0 aromatic heterocycles. The Morgan fingerprint density at radius 3 is 2.44 bits per heavy atom. The van der Waals surface area contributed by atoms with E-state index in [1.165, 1.54) is 19.1 Å². The first kappa shape index (κ1) is 18.7. The highest BCUT2D eigenvalue weighted by atomic mass is 19.1. The predicted octanol–water partition coefficient (Wildman–Crippen LogP) is 2.82. The summed E-state index contributed by atoms with van der Waals surface area (Å²) in [6, 6.07) is 9.22. The number of carbonyl (C=O) groups is 2. The normalized spacial score (nSPS) is 13.2. The molecule has 0 saturated carbocycles. The molecule has 2 rings (SSSR count). The van der Waals surface area contributed by atoms with Crippen molar-refractivity contribution in [3.63, 3.8) is 0 Å². The van der Waals surface area contributed by atoms with Crippen LogP contribution in [0.15, 0.2) is 42.5 Å². The molecule has 2 aromatic rings. The zero-order valence-electron chi connectivity index (χ0n) is 14.3. The fraction of sp³-hybridized carbons (Fsp3) is 0.263. The van der Waals surface area contributed by atoms with E-state index >= 15 is 0 Å². The van der Waals surface area contributed by atoms with E-state index in [4.69, 9.17) is 0 Å². The number of benzene rings is 2. The van der Waals surface area contributed by atoms with Crippen molar-refractivity contribution in [2.75, 3.05) is 5.32 Å². The van der Waals surface area contributed by atoms with Gasteiger partial charge < -0.3 is 10.6 Å². The lowest BCUT2D eigenvalue weighted by Crippen LogP contribution is -2.91. The van der Waals surface area contributed by atoms with Crippen molar-refractivity contribution in [1.82, 2.24) is 0 Å². The fourth-order valence-electron chi connectivity index (χ4n) is 2.57. The maximum absolute atomic E-state index is 13.8. The lowest BCUT2D eigenvalue weighted by atomic mass is 10.1. The predicted molar refractivity (Wildman–Crippen MR) is 91.2 cm³/mol. The van der Waals surface area contributed by atoms with E-state index in [2.05, 4.69) is 5.32 Å². The monoisotopic (exact) mass is 347 g/mol. The molecule has 25 heavy (non-hydrogen) atoms. The van der Waals surface area contributed by atoms with Crippen molar-refractivity contribution in [3.8, 4) is 0 Å². The molecule has 0 fully saturated rings. The van der Waals surface area contributed by atoms with E-state index < -0.39 is 17.7 Å². The van der Waals surface area contributed by atoms with Gasteiger partial charge in [0, 0.05) is 22.9 Å². The molecule has 0 aliphatic heterocycles. The van der Waals surface area contributed by atoms with Crippen LogP contribution in [0.1, 0.15) is 42.7 Å². The number of carbonyl (C=O) groups excluding carboxylic acids is 2. The summed E-state index contributed by atoms with van der Waals surface area (Å²) in [5.74, 6) is -1.62. The maximum atomic E-state index is 13.8. The molecule has 2 aromatic carbocycles. The molecular formula is C19H21F2N2O2+. The van der Waals surface area contributed by atoms with Gasteiger partial charge in [-0.3, -0.25) is 9.59 Å². The molecule has 0 spiro atoms. The van der Waals surface area contributed by atoms with Gasteiger partial charge >= 0.3 is 0 Å². The number of amides is 1. The van der Waals surface area contributed by atoms with Gasteiger partial charge in [0.15, 0.2) is 11.8 Å². The van der Waals surface area contributed by atoms with Crippen LogP contribution >= 0.6 is 0 Å². The Bertz CT molecular complexity index is 793. The standard InChI is InChI=1S/C19H20F2N2O2/c1-11(17-8-7-15(20)10-18(17)21)22-12(2)19(25)23-16-6-4-5-14(9-16)13(3)24/h4-12,22H,1-3H3,(H,23,25)/p+1/t11-,12-/m1/s1. The van der Waals surface area contributed by atoms with Crippen molar-refractivity contribution >= 4 is 17.4 Å². The Morgan fingerprint density at radius 2 is 1.80 bits per heavy atom. The molecule has 2 atom stereocenters. The summed E-state index contributed by atoms with van der Waals surface area (Å²) in [5, 5.41) is 4.44. The Labute approximate surface area is 145 Å². The highest BCUT2D eigenvalue weighted by Gasteiger charge is 2.22. The molecule has 0 heterocycles. The number of nitrogens with two attached hydrogens (primary N) is 1. The second kappa shape index (κ2) is 7.98. The summed E-state index contributed by atoms with van der Waals surface area (Å²) < 4.78 is 26.8. The van der Waals surface area contributed by atoms with Gasteiger partial charge in [0.1, 0.15) is 17.7 Å². The van der Waals surface area contributed by atoms with Crippen LogP contribution in [0.3, 0.4) is 0 Å². The highest BCUT2D eigenvalue weighted by Crippen LogP contribution is 2.15. The van der Waals surface area contributed by atoms with Gasteiger partial charge in [0.25, 0.3) is 5.91 Å². The van der Waals surface area contributed by atoms with Crippen LogP contribution in [-0.4, -0.2) is 17.7 Å². The highest BCUT2D eigenvalue weighted by molar-refractivity contribution is 5.97. The number of nitrogens with one attached hydrogen (secondary N) is 1. The Balaban J connectivity index is 2.02. The first-order valence-electron chi connectivity index (χ1n) is 7.99. The molecule has 132 valence electrons. The second-order valence-corrected chi connectivity index (χ2v) is 6.06. The number of hydrogen-bond donors (Lipinski definition) is 2. The number of ketones is 1. The van der Waals surface area contributed by atoms with Crippen molar-refractivity contribution in [2.24, 2.45) is 0 Å². The molecule has 0 radical (unpaired) electrons. The molecule has 1 amide bonds. The van der Waals surface area contributed by atoms with Crippen LogP contribution in [0, 0.1) is 11.6 Å². The number of quaternary nitrogens is 1. The first-order chi connectivity index (χ1) is 11.8. The molecular weight excluding hydrogens is 326 g/mol. The minimum atomic E-state index is -0.635. The maximum Gasteiger partial charge on any atom is 0.282 e. The molecule has 0 bridgehead atoms. The topological polar surface area (TPSA) is 62.8 Å². The summed E-state index contributed by atoms with van der Waals surface area (Å²) in [4.78, 5) is 23.7. The van der Waals surface area contributed by atoms with E-state index in [-0.39, 0.29) is 17.7 Å². The van der Waals surface area contributed by atoms with Crippen molar-refractivity contribution in [3.05, 3.63) is 65.2 Å². The van der Waals surface area contributed by atoms with Gasteiger partial charge in [-0.25, -0.2) is 8.78 Å². The van der Waals surface area contributed by atoms with Crippen LogP contribution in [0.25, 0.3) is 0 Å². The number of rotatable bonds is 6. The van der Waals surface area contributed by atoms with Gasteiger partial charge in [-0.15, -0.1) is 0 Å². The van der Waals surface area contributed by atoms with Crippen LogP contribution < -0.4 is 10.6 Å². The zero-order valence-corrected chi connectivity index (χ0v) is 14.3. The van der Waals surface area contributed by atoms with E-state index in [0.717, 1.165) is 6.07 Å². The fourth-order valence-corrected chi connectivity index (χ4v) is 2.57. The summed E-state index contributed by atoms with van der Waals surface area (Å²) in [5.41, 5.74) is 1.37. The number of hydrogen-bond acceptors (Lipinski definition) is 2. The van der Waals surface area contributed by atoms with Crippen LogP contribution in [0.5, 0.6) is 0 Å². The third-order valence-electron chi connectivity index (χ3n) is 3.98. The van der Waals surface area contributed by atoms with Gasteiger partial charge in [-0.2, -0.15) is 0 Å². The summed E-state index contributed by atoms with van der Waals surface area (Å²) in [6.07, 6.45) is 0. The molecule has 0 aliphatic carbocycles. The van der Waals surface area contributed by atoms with E-state index in [9.17, 15) is 18.4 Å². The Kier molecular flexibility index (Phi) is 5.98. The van der Waals surface area contributed by atoms with Gasteiger partial charge in [-0.05, 0) is 45.0 Å². The number of halogens is 2. The minimum absolute atomic E-state index is 0.0869. The minimum Gasteiger partial charge on any atom is -0.330 e. The third-order valence-corrected chi connectivity index (χ3v) is 3.98. The van der Waals surface area contributed by atoms with Crippen molar-refractivity contribution in [2.45, 2.75) is 32.9 Å². The smallest absolute Gasteiger partial charge is 0.282 e. The average Bonchev–Trinajstić information content (AvgIpc) is 2.54.